The van der Waals surface area contributed by atoms with E-state index in [4.69, 9.17) is 4.74 Å². The number of unbranched alkanes of at least 4 members (excludes halogenated alkanes) is 4. The monoisotopic (exact) mass is 291 g/mol. The molecular formula is C19H33NO. The molecule has 0 heterocycles. The third-order valence-electron chi connectivity index (χ3n) is 3.81. The van der Waals surface area contributed by atoms with Gasteiger partial charge in [0.2, 0.25) is 0 Å². The highest BCUT2D eigenvalue weighted by Gasteiger charge is 2.04. The van der Waals surface area contributed by atoms with E-state index in [0.717, 1.165) is 25.3 Å². The van der Waals surface area contributed by atoms with Gasteiger partial charge in [-0.2, -0.15) is 0 Å². The number of rotatable bonds is 11. The summed E-state index contributed by atoms with van der Waals surface area (Å²) in [6.45, 7) is 11.8. The first-order valence-corrected chi connectivity index (χ1v) is 8.56. The quantitative estimate of drug-likeness (QED) is 0.583. The van der Waals surface area contributed by atoms with E-state index in [9.17, 15) is 0 Å². The predicted octanol–water partition coefficient (Wildman–Crippen LogP) is 4.94. The number of aryl methyl sites for hydroxylation is 3. The minimum atomic E-state index is 0.841. The molecule has 1 rings (SSSR count). The van der Waals surface area contributed by atoms with Gasteiger partial charge in [0.05, 0.1) is 6.61 Å². The Hall–Kier alpha value is -1.02. The number of benzene rings is 1. The summed E-state index contributed by atoms with van der Waals surface area (Å²) in [6.07, 6.45) is 7.58. The van der Waals surface area contributed by atoms with Gasteiger partial charge in [-0.05, 0) is 64.3 Å². The van der Waals surface area contributed by atoms with Crippen molar-refractivity contribution in [2.24, 2.45) is 0 Å². The van der Waals surface area contributed by atoms with Crippen molar-refractivity contribution in [1.29, 1.82) is 0 Å². The molecule has 1 aromatic rings. The second-order valence-electron chi connectivity index (χ2n) is 6.09. The molecule has 0 fully saturated rings. The molecule has 1 N–H and O–H groups in total. The Morgan fingerprint density at radius 1 is 0.857 bits per heavy atom. The molecule has 0 aliphatic heterocycles. The summed E-state index contributed by atoms with van der Waals surface area (Å²) < 4.78 is 5.97. The van der Waals surface area contributed by atoms with Crippen molar-refractivity contribution in [2.45, 2.75) is 66.2 Å². The van der Waals surface area contributed by atoms with E-state index in [0.29, 0.717) is 0 Å². The zero-order valence-electron chi connectivity index (χ0n) is 14.4. The molecule has 0 aliphatic carbocycles. The Morgan fingerprint density at radius 2 is 1.48 bits per heavy atom. The van der Waals surface area contributed by atoms with E-state index in [1.54, 1.807) is 0 Å². The Bertz CT molecular complexity index is 378. The first-order chi connectivity index (χ1) is 10.1. The summed E-state index contributed by atoms with van der Waals surface area (Å²) in [6, 6.07) is 4.40. The van der Waals surface area contributed by atoms with Gasteiger partial charge in [0.1, 0.15) is 5.75 Å². The second-order valence-corrected chi connectivity index (χ2v) is 6.09. The van der Waals surface area contributed by atoms with Crippen molar-refractivity contribution >= 4 is 0 Å². The number of ether oxygens (including phenoxy) is 1. The summed E-state index contributed by atoms with van der Waals surface area (Å²) in [5.41, 5.74) is 3.83. The second kappa shape index (κ2) is 10.7. The van der Waals surface area contributed by atoms with Crippen LogP contribution >= 0.6 is 0 Å². The van der Waals surface area contributed by atoms with Gasteiger partial charge in [-0.1, -0.05) is 43.9 Å². The van der Waals surface area contributed by atoms with Gasteiger partial charge in [0, 0.05) is 0 Å². The zero-order chi connectivity index (χ0) is 15.5. The van der Waals surface area contributed by atoms with Crippen LogP contribution in [-0.4, -0.2) is 19.7 Å². The predicted molar refractivity (Wildman–Crippen MR) is 92.4 cm³/mol. The van der Waals surface area contributed by atoms with Crippen LogP contribution in [-0.2, 0) is 0 Å². The molecular weight excluding hydrogens is 258 g/mol. The maximum atomic E-state index is 5.97. The lowest BCUT2D eigenvalue weighted by atomic mass is 10.1. The molecule has 0 spiro atoms. The minimum Gasteiger partial charge on any atom is -0.493 e. The molecule has 0 radical (unpaired) electrons. The fourth-order valence-electron chi connectivity index (χ4n) is 2.70. The molecule has 1 aromatic carbocycles. The maximum absolute atomic E-state index is 5.97. The molecule has 0 atom stereocenters. The lowest BCUT2D eigenvalue weighted by molar-refractivity contribution is 0.300. The van der Waals surface area contributed by atoms with E-state index < -0.39 is 0 Å². The molecule has 21 heavy (non-hydrogen) atoms. The van der Waals surface area contributed by atoms with Crippen LogP contribution in [0.3, 0.4) is 0 Å². The zero-order valence-corrected chi connectivity index (χ0v) is 14.4. The SMILES string of the molecule is CCCCNCCCCCCOc1c(C)cc(C)cc1C. The highest BCUT2D eigenvalue weighted by Crippen LogP contribution is 2.24. The van der Waals surface area contributed by atoms with E-state index in [1.165, 1.54) is 55.3 Å². The molecule has 0 saturated heterocycles. The lowest BCUT2D eigenvalue weighted by Crippen LogP contribution is -2.16. The van der Waals surface area contributed by atoms with E-state index in [1.807, 2.05) is 0 Å². The summed E-state index contributed by atoms with van der Waals surface area (Å²) in [5, 5.41) is 3.49. The van der Waals surface area contributed by atoms with Gasteiger partial charge in [-0.15, -0.1) is 0 Å². The average Bonchev–Trinajstić information content (AvgIpc) is 2.43. The number of nitrogens with one attached hydrogen (secondary N) is 1. The molecule has 2 heteroatoms. The van der Waals surface area contributed by atoms with Crippen LogP contribution in [0.4, 0.5) is 0 Å². The van der Waals surface area contributed by atoms with Gasteiger partial charge in [-0.3, -0.25) is 0 Å². The van der Waals surface area contributed by atoms with Crippen molar-refractivity contribution in [2.75, 3.05) is 19.7 Å². The number of hydrogen-bond acceptors (Lipinski definition) is 2. The van der Waals surface area contributed by atoms with Crippen LogP contribution in [0.1, 0.15) is 62.1 Å². The van der Waals surface area contributed by atoms with E-state index >= 15 is 0 Å². The Kier molecular flexibility index (Phi) is 9.16. The largest absolute Gasteiger partial charge is 0.493 e. The van der Waals surface area contributed by atoms with Gasteiger partial charge in [0.15, 0.2) is 0 Å². The first-order valence-electron chi connectivity index (χ1n) is 8.56. The third kappa shape index (κ3) is 7.52. The van der Waals surface area contributed by atoms with Crippen LogP contribution in [0.5, 0.6) is 5.75 Å². The molecule has 2 nitrogen and oxygen atoms in total. The molecule has 0 aliphatic rings. The van der Waals surface area contributed by atoms with Crippen molar-refractivity contribution in [3.05, 3.63) is 28.8 Å². The maximum Gasteiger partial charge on any atom is 0.125 e. The lowest BCUT2D eigenvalue weighted by Gasteiger charge is -2.13. The van der Waals surface area contributed by atoms with Gasteiger partial charge < -0.3 is 10.1 Å². The van der Waals surface area contributed by atoms with E-state index in [2.05, 4.69) is 45.1 Å². The van der Waals surface area contributed by atoms with Crippen molar-refractivity contribution in [3.8, 4) is 5.75 Å². The molecule has 0 aromatic heterocycles. The highest BCUT2D eigenvalue weighted by atomic mass is 16.5. The van der Waals surface area contributed by atoms with Crippen molar-refractivity contribution in [1.82, 2.24) is 5.32 Å². The molecule has 0 unspecified atom stereocenters. The van der Waals surface area contributed by atoms with Gasteiger partial charge in [0.25, 0.3) is 0 Å². The van der Waals surface area contributed by atoms with E-state index in [-0.39, 0.29) is 0 Å². The van der Waals surface area contributed by atoms with Crippen molar-refractivity contribution in [3.63, 3.8) is 0 Å². The summed E-state index contributed by atoms with van der Waals surface area (Å²) >= 11 is 0. The van der Waals surface area contributed by atoms with Crippen LogP contribution in [0.25, 0.3) is 0 Å². The molecule has 0 amide bonds. The smallest absolute Gasteiger partial charge is 0.125 e. The van der Waals surface area contributed by atoms with Gasteiger partial charge in [-0.25, -0.2) is 0 Å². The topological polar surface area (TPSA) is 21.3 Å². The fourth-order valence-corrected chi connectivity index (χ4v) is 2.70. The minimum absolute atomic E-state index is 0.841. The summed E-state index contributed by atoms with van der Waals surface area (Å²) in [5.74, 6) is 1.09. The summed E-state index contributed by atoms with van der Waals surface area (Å²) in [4.78, 5) is 0. The average molecular weight is 291 g/mol. The highest BCUT2D eigenvalue weighted by molar-refractivity contribution is 5.42. The standard InChI is InChI=1S/C19H33NO/c1-5-6-11-20-12-9-7-8-10-13-21-19-17(3)14-16(2)15-18(19)4/h14-15,20H,5-13H2,1-4H3. The Labute approximate surface area is 131 Å². The molecule has 0 bridgehead atoms. The Morgan fingerprint density at radius 3 is 2.14 bits per heavy atom. The summed E-state index contributed by atoms with van der Waals surface area (Å²) in [7, 11) is 0. The van der Waals surface area contributed by atoms with Crippen LogP contribution in [0.15, 0.2) is 12.1 Å². The number of hydrogen-bond donors (Lipinski definition) is 1. The fraction of sp³-hybridized carbons (Fsp3) is 0.684. The Balaban J connectivity index is 2.07. The molecule has 120 valence electrons. The first kappa shape index (κ1) is 18.0. The molecule has 0 saturated carbocycles. The third-order valence-corrected chi connectivity index (χ3v) is 3.81. The van der Waals surface area contributed by atoms with Crippen LogP contribution in [0.2, 0.25) is 0 Å². The van der Waals surface area contributed by atoms with Crippen LogP contribution < -0.4 is 10.1 Å². The van der Waals surface area contributed by atoms with Crippen LogP contribution in [0, 0.1) is 20.8 Å². The normalized spacial score (nSPS) is 10.9. The van der Waals surface area contributed by atoms with Gasteiger partial charge >= 0.3 is 0 Å². The van der Waals surface area contributed by atoms with Crippen molar-refractivity contribution < 1.29 is 4.74 Å².